The lowest BCUT2D eigenvalue weighted by atomic mass is 9.93. The summed E-state index contributed by atoms with van der Waals surface area (Å²) in [6.45, 7) is 0. The minimum Gasteiger partial charge on any atom is -0.391 e. The molecule has 2 unspecified atom stereocenters. The molecule has 0 aromatic heterocycles. The molecule has 2 fully saturated rings. The van der Waals surface area contributed by atoms with Gasteiger partial charge in [0.15, 0.2) is 0 Å². The first kappa shape index (κ1) is 15.8. The maximum Gasteiger partial charge on any atom is 0.319 e. The van der Waals surface area contributed by atoms with Crippen molar-refractivity contribution >= 4 is 17.6 Å². The standard InChI is InChI=1S/C17H23N3O3/c21-15-7-2-1-6-14(15)20-17(23)19-13-5-3-4-11(10-13)16(22)18-12-8-9-12/h3-5,10,12,14-15,21H,1-2,6-9H2,(H,18,22)(H2,19,20,23). The Morgan fingerprint density at radius 1 is 1.04 bits per heavy atom. The smallest absolute Gasteiger partial charge is 0.319 e. The molecule has 0 aliphatic heterocycles. The molecule has 6 heteroatoms. The van der Waals surface area contributed by atoms with E-state index in [1.165, 1.54) is 0 Å². The Morgan fingerprint density at radius 2 is 1.83 bits per heavy atom. The molecule has 2 aliphatic rings. The van der Waals surface area contributed by atoms with Gasteiger partial charge in [0, 0.05) is 17.3 Å². The Morgan fingerprint density at radius 3 is 2.57 bits per heavy atom. The molecule has 1 aromatic carbocycles. The minimum atomic E-state index is -0.481. The second-order valence-electron chi connectivity index (χ2n) is 6.39. The van der Waals surface area contributed by atoms with Gasteiger partial charge >= 0.3 is 6.03 Å². The van der Waals surface area contributed by atoms with E-state index in [1.54, 1.807) is 24.3 Å². The van der Waals surface area contributed by atoms with Crippen LogP contribution in [0.5, 0.6) is 0 Å². The van der Waals surface area contributed by atoms with E-state index in [0.29, 0.717) is 17.3 Å². The van der Waals surface area contributed by atoms with Gasteiger partial charge in [-0.15, -0.1) is 0 Å². The topological polar surface area (TPSA) is 90.5 Å². The molecule has 3 rings (SSSR count). The van der Waals surface area contributed by atoms with E-state index >= 15 is 0 Å². The third-order valence-electron chi connectivity index (χ3n) is 4.34. The SMILES string of the molecule is O=C(Nc1cccc(C(=O)NC2CC2)c1)NC1CCCCC1O. The van der Waals surface area contributed by atoms with Gasteiger partial charge in [0.25, 0.3) is 5.91 Å². The summed E-state index contributed by atoms with van der Waals surface area (Å²) in [4.78, 5) is 24.1. The summed E-state index contributed by atoms with van der Waals surface area (Å²) in [5.41, 5.74) is 1.10. The van der Waals surface area contributed by atoms with E-state index in [2.05, 4.69) is 16.0 Å². The van der Waals surface area contributed by atoms with Gasteiger partial charge in [-0.25, -0.2) is 4.79 Å². The van der Waals surface area contributed by atoms with E-state index in [4.69, 9.17) is 0 Å². The highest BCUT2D eigenvalue weighted by atomic mass is 16.3. The summed E-state index contributed by atoms with van der Waals surface area (Å²) >= 11 is 0. The molecule has 124 valence electrons. The summed E-state index contributed by atoms with van der Waals surface area (Å²) in [7, 11) is 0. The summed E-state index contributed by atoms with van der Waals surface area (Å²) in [5, 5.41) is 18.4. The van der Waals surface area contributed by atoms with Crippen LogP contribution in [0.25, 0.3) is 0 Å². The number of aliphatic hydroxyl groups is 1. The van der Waals surface area contributed by atoms with Crippen LogP contribution < -0.4 is 16.0 Å². The van der Waals surface area contributed by atoms with Crippen LogP contribution in [0.2, 0.25) is 0 Å². The van der Waals surface area contributed by atoms with Crippen molar-refractivity contribution in [3.8, 4) is 0 Å². The number of benzene rings is 1. The molecule has 3 amide bonds. The quantitative estimate of drug-likeness (QED) is 0.684. The average molecular weight is 317 g/mol. The number of nitrogens with one attached hydrogen (secondary N) is 3. The summed E-state index contributed by atoms with van der Waals surface area (Å²) in [5.74, 6) is -0.112. The van der Waals surface area contributed by atoms with Gasteiger partial charge in [-0.2, -0.15) is 0 Å². The molecular weight excluding hydrogens is 294 g/mol. The molecule has 2 atom stereocenters. The van der Waals surface area contributed by atoms with Gasteiger partial charge in [0.1, 0.15) is 0 Å². The molecule has 0 radical (unpaired) electrons. The highest BCUT2D eigenvalue weighted by molar-refractivity contribution is 5.97. The molecule has 2 aliphatic carbocycles. The Hall–Kier alpha value is -2.08. The van der Waals surface area contributed by atoms with Crippen molar-refractivity contribution in [2.45, 2.75) is 56.7 Å². The molecule has 1 aromatic rings. The molecule has 4 N–H and O–H groups in total. The van der Waals surface area contributed by atoms with Crippen LogP contribution in [-0.2, 0) is 0 Å². The van der Waals surface area contributed by atoms with E-state index < -0.39 is 6.10 Å². The summed E-state index contributed by atoms with van der Waals surface area (Å²) in [6, 6.07) is 6.62. The molecule has 0 saturated heterocycles. The van der Waals surface area contributed by atoms with Crippen molar-refractivity contribution in [3.05, 3.63) is 29.8 Å². The largest absolute Gasteiger partial charge is 0.391 e. The fraction of sp³-hybridized carbons (Fsp3) is 0.529. The van der Waals surface area contributed by atoms with Gasteiger partial charge in [-0.05, 0) is 43.9 Å². The zero-order chi connectivity index (χ0) is 16.2. The summed E-state index contributed by atoms with van der Waals surface area (Å²) < 4.78 is 0. The number of hydrogen-bond acceptors (Lipinski definition) is 3. The molecule has 0 spiro atoms. The van der Waals surface area contributed by atoms with Crippen molar-refractivity contribution in [1.29, 1.82) is 0 Å². The third kappa shape index (κ3) is 4.45. The second kappa shape index (κ2) is 7.00. The first-order valence-corrected chi connectivity index (χ1v) is 8.28. The van der Waals surface area contributed by atoms with Gasteiger partial charge < -0.3 is 21.1 Å². The fourth-order valence-corrected chi connectivity index (χ4v) is 2.85. The number of urea groups is 1. The predicted octanol–water partition coefficient (Wildman–Crippen LogP) is 2.00. The predicted molar refractivity (Wildman–Crippen MR) is 87.3 cm³/mol. The maximum absolute atomic E-state index is 12.1. The zero-order valence-corrected chi connectivity index (χ0v) is 13.0. The monoisotopic (exact) mass is 317 g/mol. The van der Waals surface area contributed by atoms with E-state index in [9.17, 15) is 14.7 Å². The molecule has 6 nitrogen and oxygen atoms in total. The molecule has 0 bridgehead atoms. The van der Waals surface area contributed by atoms with Crippen molar-refractivity contribution in [2.75, 3.05) is 5.32 Å². The summed E-state index contributed by atoms with van der Waals surface area (Å²) in [6.07, 6.45) is 5.12. The third-order valence-corrected chi connectivity index (χ3v) is 4.34. The number of rotatable bonds is 4. The van der Waals surface area contributed by atoms with Gasteiger partial charge in [0.05, 0.1) is 12.1 Å². The molecule has 2 saturated carbocycles. The minimum absolute atomic E-state index is 0.112. The average Bonchev–Trinajstić information content (AvgIpc) is 3.34. The molecule has 23 heavy (non-hydrogen) atoms. The molecule has 0 heterocycles. The number of amides is 3. The van der Waals surface area contributed by atoms with E-state index in [-0.39, 0.29) is 18.0 Å². The first-order valence-electron chi connectivity index (χ1n) is 8.28. The fourth-order valence-electron chi connectivity index (χ4n) is 2.85. The van der Waals surface area contributed by atoms with E-state index in [1.807, 2.05) is 0 Å². The van der Waals surface area contributed by atoms with Gasteiger partial charge in [0.2, 0.25) is 0 Å². The highest BCUT2D eigenvalue weighted by Gasteiger charge is 2.25. The lowest BCUT2D eigenvalue weighted by molar-refractivity contribution is 0.0950. The van der Waals surface area contributed by atoms with Crippen molar-refractivity contribution in [3.63, 3.8) is 0 Å². The lowest BCUT2D eigenvalue weighted by Crippen LogP contribution is -2.46. The van der Waals surface area contributed by atoms with Crippen LogP contribution in [0.1, 0.15) is 48.9 Å². The second-order valence-corrected chi connectivity index (χ2v) is 6.39. The van der Waals surface area contributed by atoms with Crippen LogP contribution >= 0.6 is 0 Å². The number of carbonyl (C=O) groups is 2. The van der Waals surface area contributed by atoms with Crippen LogP contribution in [0, 0.1) is 0 Å². The number of anilines is 1. The van der Waals surface area contributed by atoms with Crippen molar-refractivity contribution in [1.82, 2.24) is 10.6 Å². The highest BCUT2D eigenvalue weighted by Crippen LogP contribution is 2.20. The van der Waals surface area contributed by atoms with Crippen LogP contribution in [0.4, 0.5) is 10.5 Å². The van der Waals surface area contributed by atoms with Crippen molar-refractivity contribution < 1.29 is 14.7 Å². The molecular formula is C17H23N3O3. The van der Waals surface area contributed by atoms with Gasteiger partial charge in [-0.3, -0.25) is 4.79 Å². The normalized spacial score (nSPS) is 23.9. The maximum atomic E-state index is 12.1. The van der Waals surface area contributed by atoms with Gasteiger partial charge in [-0.1, -0.05) is 18.9 Å². The first-order chi connectivity index (χ1) is 11.1. The number of carbonyl (C=O) groups excluding carboxylic acids is 2. The number of hydrogen-bond donors (Lipinski definition) is 4. The van der Waals surface area contributed by atoms with Crippen molar-refractivity contribution in [2.24, 2.45) is 0 Å². The Labute approximate surface area is 135 Å². The Bertz CT molecular complexity index is 586. The lowest BCUT2D eigenvalue weighted by Gasteiger charge is -2.28. The van der Waals surface area contributed by atoms with Crippen LogP contribution in [0.3, 0.4) is 0 Å². The number of aliphatic hydroxyl groups excluding tert-OH is 1. The zero-order valence-electron chi connectivity index (χ0n) is 13.0. The Kier molecular flexibility index (Phi) is 4.81. The van der Waals surface area contributed by atoms with Crippen LogP contribution in [0.15, 0.2) is 24.3 Å². The van der Waals surface area contributed by atoms with E-state index in [0.717, 1.165) is 38.5 Å². The Balaban J connectivity index is 1.56. The van der Waals surface area contributed by atoms with Crippen LogP contribution in [-0.4, -0.2) is 35.2 Å².